The molecule has 8 heteroatoms. The second-order valence-corrected chi connectivity index (χ2v) is 10.3. The average molecular weight is 500 g/mol. The minimum Gasteiger partial charge on any atom is -0.325 e. The fraction of sp³-hybridized carbons (Fsp3) is 0.214. The summed E-state index contributed by atoms with van der Waals surface area (Å²) >= 11 is 1.24. The first-order valence-corrected chi connectivity index (χ1v) is 12.6. The zero-order valence-corrected chi connectivity index (χ0v) is 21.4. The average Bonchev–Trinajstić information content (AvgIpc) is 3.14. The number of anilines is 1. The molecule has 0 bridgehead atoms. The van der Waals surface area contributed by atoms with Gasteiger partial charge < -0.3 is 9.88 Å². The molecule has 36 heavy (non-hydrogen) atoms. The summed E-state index contributed by atoms with van der Waals surface area (Å²) in [4.78, 5) is 17.6. The number of fused-ring (bicyclic) bond motifs is 3. The molecular formula is C28H26FN5OS. The quantitative estimate of drug-likeness (QED) is 0.281. The van der Waals surface area contributed by atoms with E-state index < -0.39 is 5.25 Å². The van der Waals surface area contributed by atoms with Gasteiger partial charge >= 0.3 is 0 Å². The van der Waals surface area contributed by atoms with E-state index >= 15 is 0 Å². The van der Waals surface area contributed by atoms with E-state index in [-0.39, 0.29) is 11.7 Å². The molecule has 0 aliphatic heterocycles. The molecule has 0 aliphatic rings. The Bertz CT molecular complexity index is 1610. The van der Waals surface area contributed by atoms with Gasteiger partial charge in [0.15, 0.2) is 5.65 Å². The van der Waals surface area contributed by atoms with Crippen molar-refractivity contribution in [3.63, 3.8) is 0 Å². The Kier molecular flexibility index (Phi) is 6.45. The molecule has 0 saturated carbocycles. The van der Waals surface area contributed by atoms with Crippen molar-refractivity contribution in [1.29, 1.82) is 0 Å². The van der Waals surface area contributed by atoms with Gasteiger partial charge in [0.1, 0.15) is 11.3 Å². The summed E-state index contributed by atoms with van der Waals surface area (Å²) in [5.41, 5.74) is 6.86. The van der Waals surface area contributed by atoms with Crippen LogP contribution in [0.5, 0.6) is 0 Å². The van der Waals surface area contributed by atoms with Gasteiger partial charge in [0.25, 0.3) is 0 Å². The van der Waals surface area contributed by atoms with Crippen LogP contribution in [-0.4, -0.2) is 30.9 Å². The highest BCUT2D eigenvalue weighted by atomic mass is 32.2. The number of carbonyl (C=O) groups excluding carboxylic acids is 1. The molecular weight excluding hydrogens is 473 g/mol. The van der Waals surface area contributed by atoms with Gasteiger partial charge in [-0.05, 0) is 69.2 Å². The van der Waals surface area contributed by atoms with Crippen LogP contribution in [0.4, 0.5) is 10.1 Å². The summed E-state index contributed by atoms with van der Waals surface area (Å²) in [5.74, 6) is -0.415. The molecule has 2 heterocycles. The van der Waals surface area contributed by atoms with Gasteiger partial charge in [-0.2, -0.15) is 0 Å². The van der Waals surface area contributed by atoms with E-state index in [1.807, 2.05) is 74.7 Å². The largest absolute Gasteiger partial charge is 0.325 e. The predicted molar refractivity (Wildman–Crippen MR) is 143 cm³/mol. The van der Waals surface area contributed by atoms with E-state index in [0.717, 1.165) is 27.7 Å². The summed E-state index contributed by atoms with van der Waals surface area (Å²) in [7, 11) is 0. The maximum Gasteiger partial charge on any atom is 0.237 e. The molecule has 6 nitrogen and oxygen atoms in total. The lowest BCUT2D eigenvalue weighted by Crippen LogP contribution is -2.22. The van der Waals surface area contributed by atoms with Crippen molar-refractivity contribution >= 4 is 45.4 Å². The van der Waals surface area contributed by atoms with Crippen LogP contribution in [0, 0.1) is 26.6 Å². The standard InChI is InChI=1S/C28H26FN5OS/c1-16-9-12-24-22(13-16)25-26(34(24)15-20-7-5-6-8-23(20)29)31-28(33-32-25)36-19(4)27(35)30-21-11-10-17(2)18(3)14-21/h5-14,19H,15H2,1-4H3,(H,30,35). The molecule has 0 spiro atoms. The van der Waals surface area contributed by atoms with Gasteiger partial charge in [-0.25, -0.2) is 9.37 Å². The van der Waals surface area contributed by atoms with E-state index in [2.05, 4.69) is 15.5 Å². The number of nitrogens with zero attached hydrogens (tertiary/aromatic N) is 4. The van der Waals surface area contributed by atoms with E-state index in [1.165, 1.54) is 23.4 Å². The van der Waals surface area contributed by atoms with Gasteiger partial charge in [-0.15, -0.1) is 10.2 Å². The number of carbonyl (C=O) groups is 1. The van der Waals surface area contributed by atoms with Gasteiger partial charge in [-0.3, -0.25) is 4.79 Å². The molecule has 5 aromatic rings. The van der Waals surface area contributed by atoms with Crippen molar-refractivity contribution in [3.05, 3.63) is 88.7 Å². The Morgan fingerprint density at radius 3 is 2.61 bits per heavy atom. The van der Waals surface area contributed by atoms with Crippen molar-refractivity contribution in [2.45, 2.75) is 44.6 Å². The molecule has 1 N–H and O–H groups in total. The van der Waals surface area contributed by atoms with Gasteiger partial charge in [0.05, 0.1) is 17.3 Å². The molecule has 182 valence electrons. The number of hydrogen-bond acceptors (Lipinski definition) is 5. The van der Waals surface area contributed by atoms with Crippen LogP contribution in [0.15, 0.2) is 65.8 Å². The Morgan fingerprint density at radius 2 is 1.83 bits per heavy atom. The predicted octanol–water partition coefficient (Wildman–Crippen LogP) is 6.21. The molecule has 0 aliphatic carbocycles. The summed E-state index contributed by atoms with van der Waals surface area (Å²) in [6, 6.07) is 18.6. The van der Waals surface area contributed by atoms with Gasteiger partial charge in [0.2, 0.25) is 11.1 Å². The first-order valence-electron chi connectivity index (χ1n) is 11.7. The Balaban J connectivity index is 1.47. The number of aromatic nitrogens is 4. The van der Waals surface area contributed by atoms with Crippen LogP contribution in [0.1, 0.15) is 29.2 Å². The fourth-order valence-corrected chi connectivity index (χ4v) is 4.85. The van der Waals surface area contributed by atoms with Crippen LogP contribution >= 0.6 is 11.8 Å². The second-order valence-electron chi connectivity index (χ2n) is 9.01. The third-order valence-corrected chi connectivity index (χ3v) is 7.27. The van der Waals surface area contributed by atoms with Gasteiger partial charge in [0, 0.05) is 16.6 Å². The maximum absolute atomic E-state index is 14.5. The van der Waals surface area contributed by atoms with Crippen LogP contribution in [0.2, 0.25) is 0 Å². The lowest BCUT2D eigenvalue weighted by atomic mass is 10.1. The Morgan fingerprint density at radius 1 is 1.03 bits per heavy atom. The van der Waals surface area contributed by atoms with Crippen molar-refractivity contribution in [1.82, 2.24) is 19.7 Å². The number of hydrogen-bond donors (Lipinski definition) is 1. The van der Waals surface area contributed by atoms with Crippen molar-refractivity contribution in [2.24, 2.45) is 0 Å². The number of thioether (sulfide) groups is 1. The van der Waals surface area contributed by atoms with Crippen molar-refractivity contribution < 1.29 is 9.18 Å². The van der Waals surface area contributed by atoms with E-state index in [0.29, 0.717) is 28.4 Å². The first-order chi connectivity index (χ1) is 17.3. The van der Waals surface area contributed by atoms with Crippen molar-refractivity contribution in [2.75, 3.05) is 5.32 Å². The Hall–Kier alpha value is -3.78. The number of halogens is 1. The zero-order valence-electron chi connectivity index (χ0n) is 20.5. The van der Waals surface area contributed by atoms with Crippen LogP contribution < -0.4 is 5.32 Å². The zero-order chi connectivity index (χ0) is 25.4. The highest BCUT2D eigenvalue weighted by Gasteiger charge is 2.20. The third kappa shape index (κ3) is 4.68. The second kappa shape index (κ2) is 9.70. The third-order valence-electron chi connectivity index (χ3n) is 6.31. The highest BCUT2D eigenvalue weighted by Crippen LogP contribution is 2.30. The van der Waals surface area contributed by atoms with Crippen LogP contribution in [-0.2, 0) is 11.3 Å². The molecule has 3 aromatic carbocycles. The molecule has 1 atom stereocenters. The summed E-state index contributed by atoms with van der Waals surface area (Å²) in [5, 5.41) is 12.6. The normalized spacial score (nSPS) is 12.2. The van der Waals surface area contributed by atoms with E-state index in [9.17, 15) is 9.18 Å². The molecule has 0 fully saturated rings. The lowest BCUT2D eigenvalue weighted by molar-refractivity contribution is -0.115. The lowest BCUT2D eigenvalue weighted by Gasteiger charge is -2.12. The Labute approximate surface area is 213 Å². The minimum atomic E-state index is -0.447. The van der Waals surface area contributed by atoms with E-state index in [4.69, 9.17) is 4.98 Å². The number of benzene rings is 3. The molecule has 0 saturated heterocycles. The summed E-state index contributed by atoms with van der Waals surface area (Å²) < 4.78 is 16.5. The van der Waals surface area contributed by atoms with Gasteiger partial charge in [-0.1, -0.05) is 47.7 Å². The van der Waals surface area contributed by atoms with E-state index in [1.54, 1.807) is 12.1 Å². The smallest absolute Gasteiger partial charge is 0.237 e. The minimum absolute atomic E-state index is 0.144. The fourth-order valence-electron chi connectivity index (χ4n) is 4.14. The molecule has 2 aromatic heterocycles. The SMILES string of the molecule is Cc1ccc2c(c1)c1nnc(SC(C)C(=O)Nc3ccc(C)c(C)c3)nc1n2Cc1ccccc1F. The number of nitrogens with one attached hydrogen (secondary N) is 1. The maximum atomic E-state index is 14.5. The molecule has 5 rings (SSSR count). The van der Waals surface area contributed by atoms with Crippen molar-refractivity contribution in [3.8, 4) is 0 Å². The number of amides is 1. The summed E-state index contributed by atoms with van der Waals surface area (Å²) in [6.07, 6.45) is 0. The summed E-state index contributed by atoms with van der Waals surface area (Å²) in [6.45, 7) is 8.18. The molecule has 1 unspecified atom stereocenters. The van der Waals surface area contributed by atoms with Crippen LogP contribution in [0.25, 0.3) is 22.1 Å². The molecule has 0 radical (unpaired) electrons. The topological polar surface area (TPSA) is 72.7 Å². The highest BCUT2D eigenvalue weighted by molar-refractivity contribution is 8.00. The van der Waals surface area contributed by atoms with Crippen LogP contribution in [0.3, 0.4) is 0 Å². The number of rotatable bonds is 6. The number of aryl methyl sites for hydroxylation is 3. The monoisotopic (exact) mass is 499 g/mol. The molecule has 1 amide bonds. The first kappa shape index (κ1) is 23.9.